The molecule has 0 atom stereocenters. The van der Waals surface area contributed by atoms with Crippen molar-refractivity contribution in [1.82, 2.24) is 15.2 Å². The normalized spacial score (nSPS) is 15.8. The second-order valence-corrected chi connectivity index (χ2v) is 6.15. The Morgan fingerprint density at radius 3 is 2.64 bits per heavy atom. The minimum absolute atomic E-state index is 0.737. The molecule has 1 aliphatic heterocycles. The van der Waals surface area contributed by atoms with Crippen molar-refractivity contribution in [2.45, 2.75) is 33.2 Å². The molecule has 0 amide bonds. The van der Waals surface area contributed by atoms with E-state index >= 15 is 0 Å². The first-order valence-electron chi connectivity index (χ1n) is 7.95. The maximum Gasteiger partial charge on any atom is 0.247 e. The van der Waals surface area contributed by atoms with Gasteiger partial charge in [0.2, 0.25) is 5.95 Å². The van der Waals surface area contributed by atoms with Crippen LogP contribution in [0, 0.1) is 12.8 Å². The molecule has 2 heterocycles. The summed E-state index contributed by atoms with van der Waals surface area (Å²) in [5, 5.41) is 11.6. The molecule has 1 aromatic heterocycles. The van der Waals surface area contributed by atoms with Gasteiger partial charge in [-0.05, 0) is 31.2 Å². The van der Waals surface area contributed by atoms with Gasteiger partial charge in [0.25, 0.3) is 0 Å². The summed E-state index contributed by atoms with van der Waals surface area (Å²) in [7, 11) is 0. The lowest BCUT2D eigenvalue weighted by Gasteiger charge is -2.29. The molecule has 1 N–H and O–H groups in total. The van der Waals surface area contributed by atoms with Crippen LogP contribution in [-0.2, 0) is 6.54 Å². The van der Waals surface area contributed by atoms with Crippen molar-refractivity contribution in [3.63, 3.8) is 0 Å². The van der Waals surface area contributed by atoms with E-state index in [1.807, 2.05) is 0 Å². The number of rotatable bonds is 4. The second-order valence-electron chi connectivity index (χ2n) is 6.15. The number of piperidine rings is 1. The molecule has 0 bridgehead atoms. The lowest BCUT2D eigenvalue weighted by Crippen LogP contribution is -2.34. The average molecular weight is 297 g/mol. The molecule has 1 saturated heterocycles. The van der Waals surface area contributed by atoms with E-state index < -0.39 is 0 Å². The fourth-order valence-corrected chi connectivity index (χ4v) is 2.62. The minimum atomic E-state index is 0.737. The topological polar surface area (TPSA) is 53.9 Å². The van der Waals surface area contributed by atoms with Gasteiger partial charge in [-0.3, -0.25) is 0 Å². The van der Waals surface area contributed by atoms with E-state index in [1.54, 1.807) is 6.20 Å². The summed E-state index contributed by atoms with van der Waals surface area (Å²) in [6.07, 6.45) is 4.08. The summed E-state index contributed by atoms with van der Waals surface area (Å²) in [5.74, 6) is 2.32. The molecular formula is C17H23N5. The Kier molecular flexibility index (Phi) is 4.51. The zero-order valence-electron chi connectivity index (χ0n) is 13.3. The largest absolute Gasteiger partial charge is 0.365 e. The maximum absolute atomic E-state index is 4.60. The van der Waals surface area contributed by atoms with E-state index in [9.17, 15) is 0 Å². The first-order chi connectivity index (χ1) is 10.7. The maximum atomic E-state index is 4.60. The van der Waals surface area contributed by atoms with E-state index in [0.717, 1.165) is 37.3 Å². The van der Waals surface area contributed by atoms with Gasteiger partial charge in [0.1, 0.15) is 0 Å². The summed E-state index contributed by atoms with van der Waals surface area (Å²) in [5.41, 5.74) is 2.51. The van der Waals surface area contributed by atoms with Crippen molar-refractivity contribution in [3.05, 3.63) is 41.6 Å². The summed E-state index contributed by atoms with van der Waals surface area (Å²) in [6.45, 7) is 7.18. The van der Waals surface area contributed by atoms with Gasteiger partial charge < -0.3 is 10.2 Å². The quantitative estimate of drug-likeness (QED) is 0.940. The lowest BCUT2D eigenvalue weighted by molar-refractivity contribution is 0.433. The molecule has 116 valence electrons. The molecule has 0 saturated carbocycles. The van der Waals surface area contributed by atoms with Gasteiger partial charge in [-0.25, -0.2) is 0 Å². The van der Waals surface area contributed by atoms with E-state index in [2.05, 4.69) is 63.5 Å². The predicted molar refractivity (Wildman–Crippen MR) is 88.9 cm³/mol. The van der Waals surface area contributed by atoms with Crippen LogP contribution in [0.4, 0.5) is 11.8 Å². The Balaban J connectivity index is 1.62. The molecule has 1 aromatic carbocycles. The van der Waals surface area contributed by atoms with Crippen molar-refractivity contribution < 1.29 is 0 Å². The standard InChI is InChI=1S/C17H23N5/c1-13-3-5-15(6-4-13)11-18-16-12-19-21-17(20-16)22-9-7-14(2)8-10-22/h3-6,12,14H,7-11H2,1-2H3,(H,18,20,21). The van der Waals surface area contributed by atoms with Crippen molar-refractivity contribution in [3.8, 4) is 0 Å². The van der Waals surface area contributed by atoms with Crippen molar-refractivity contribution >= 4 is 11.8 Å². The molecule has 0 aliphatic carbocycles. The molecule has 3 rings (SSSR count). The first kappa shape index (κ1) is 14.8. The van der Waals surface area contributed by atoms with Crippen LogP contribution >= 0.6 is 0 Å². The number of benzene rings is 1. The van der Waals surface area contributed by atoms with E-state index in [1.165, 1.54) is 24.0 Å². The molecule has 0 radical (unpaired) electrons. The molecule has 0 spiro atoms. The van der Waals surface area contributed by atoms with Gasteiger partial charge in [-0.1, -0.05) is 36.8 Å². The molecule has 2 aromatic rings. The SMILES string of the molecule is Cc1ccc(CNc2cnnc(N3CCC(C)CC3)n2)cc1. The number of hydrogen-bond acceptors (Lipinski definition) is 5. The van der Waals surface area contributed by atoms with Crippen LogP contribution in [0.15, 0.2) is 30.5 Å². The van der Waals surface area contributed by atoms with Crippen LogP contribution in [0.1, 0.15) is 30.9 Å². The molecule has 1 fully saturated rings. The molecule has 5 heteroatoms. The van der Waals surface area contributed by atoms with Gasteiger partial charge in [0.15, 0.2) is 5.82 Å². The number of aromatic nitrogens is 3. The highest BCUT2D eigenvalue weighted by Crippen LogP contribution is 2.20. The third-order valence-electron chi connectivity index (χ3n) is 4.21. The van der Waals surface area contributed by atoms with E-state index in [4.69, 9.17) is 0 Å². The number of nitrogens with one attached hydrogen (secondary N) is 1. The van der Waals surface area contributed by atoms with Crippen molar-refractivity contribution in [1.29, 1.82) is 0 Å². The highest BCUT2D eigenvalue weighted by molar-refractivity contribution is 5.40. The Hall–Kier alpha value is -2.17. The molecule has 22 heavy (non-hydrogen) atoms. The predicted octanol–water partition coefficient (Wildman–Crippen LogP) is 3.03. The zero-order valence-corrected chi connectivity index (χ0v) is 13.3. The molecular weight excluding hydrogens is 274 g/mol. The van der Waals surface area contributed by atoms with Crippen LogP contribution < -0.4 is 10.2 Å². The highest BCUT2D eigenvalue weighted by atomic mass is 15.3. The Morgan fingerprint density at radius 2 is 1.91 bits per heavy atom. The van der Waals surface area contributed by atoms with Gasteiger partial charge >= 0.3 is 0 Å². The van der Waals surface area contributed by atoms with Crippen LogP contribution in [0.3, 0.4) is 0 Å². The van der Waals surface area contributed by atoms with Gasteiger partial charge in [0, 0.05) is 19.6 Å². The fraction of sp³-hybridized carbons (Fsp3) is 0.471. The zero-order chi connectivity index (χ0) is 15.4. The molecule has 1 aliphatic rings. The molecule has 0 unspecified atom stereocenters. The average Bonchev–Trinajstić information content (AvgIpc) is 2.55. The monoisotopic (exact) mass is 297 g/mol. The lowest BCUT2D eigenvalue weighted by atomic mass is 10.00. The third kappa shape index (κ3) is 3.72. The van der Waals surface area contributed by atoms with Gasteiger partial charge in [-0.15, -0.1) is 5.10 Å². The van der Waals surface area contributed by atoms with E-state index in [0.29, 0.717) is 0 Å². The Labute approximate surface area is 131 Å². The summed E-state index contributed by atoms with van der Waals surface area (Å²) >= 11 is 0. The van der Waals surface area contributed by atoms with Gasteiger partial charge in [-0.2, -0.15) is 10.1 Å². The van der Waals surface area contributed by atoms with Crippen molar-refractivity contribution in [2.75, 3.05) is 23.3 Å². The smallest absolute Gasteiger partial charge is 0.247 e. The van der Waals surface area contributed by atoms with Crippen LogP contribution in [0.25, 0.3) is 0 Å². The number of aryl methyl sites for hydroxylation is 1. The summed E-state index contributed by atoms with van der Waals surface area (Å²) < 4.78 is 0. The minimum Gasteiger partial charge on any atom is -0.365 e. The Morgan fingerprint density at radius 1 is 1.18 bits per heavy atom. The number of anilines is 2. The number of hydrogen-bond donors (Lipinski definition) is 1. The first-order valence-corrected chi connectivity index (χ1v) is 7.95. The van der Waals surface area contributed by atoms with Crippen LogP contribution in [-0.4, -0.2) is 28.3 Å². The van der Waals surface area contributed by atoms with E-state index in [-0.39, 0.29) is 0 Å². The summed E-state index contributed by atoms with van der Waals surface area (Å²) in [4.78, 5) is 6.82. The summed E-state index contributed by atoms with van der Waals surface area (Å²) in [6, 6.07) is 8.50. The van der Waals surface area contributed by atoms with Crippen LogP contribution in [0.5, 0.6) is 0 Å². The number of nitrogens with zero attached hydrogens (tertiary/aromatic N) is 4. The molecule has 5 nitrogen and oxygen atoms in total. The highest BCUT2D eigenvalue weighted by Gasteiger charge is 2.18. The second kappa shape index (κ2) is 6.73. The fourth-order valence-electron chi connectivity index (χ4n) is 2.62. The Bertz CT molecular complexity index is 603. The third-order valence-corrected chi connectivity index (χ3v) is 4.21. The van der Waals surface area contributed by atoms with Gasteiger partial charge in [0.05, 0.1) is 6.20 Å². The van der Waals surface area contributed by atoms with Crippen molar-refractivity contribution in [2.24, 2.45) is 5.92 Å². The van der Waals surface area contributed by atoms with Crippen LogP contribution in [0.2, 0.25) is 0 Å².